The maximum absolute atomic E-state index is 13.0. The lowest BCUT2D eigenvalue weighted by molar-refractivity contribution is 0.509. The number of aromatic nitrogens is 2. The lowest BCUT2D eigenvalue weighted by Gasteiger charge is -2.36. The van der Waals surface area contributed by atoms with Crippen LogP contribution in [-0.2, 0) is 16.6 Å². The highest BCUT2D eigenvalue weighted by Crippen LogP contribution is 2.35. The first-order valence-corrected chi connectivity index (χ1v) is 13.9. The molecule has 0 fully saturated rings. The fourth-order valence-corrected chi connectivity index (χ4v) is 6.46. The van der Waals surface area contributed by atoms with E-state index in [0.29, 0.717) is 0 Å². The molecule has 0 amide bonds. The van der Waals surface area contributed by atoms with Gasteiger partial charge in [0.1, 0.15) is 13.5 Å². The van der Waals surface area contributed by atoms with Crippen LogP contribution in [0.2, 0.25) is 18.1 Å². The molecule has 0 saturated carbocycles. The smallest absolute Gasteiger partial charge is 0.246 e. The van der Waals surface area contributed by atoms with Crippen molar-refractivity contribution < 1.29 is 8.42 Å². The Bertz CT molecular complexity index is 649. The molecule has 0 atom stereocenters. The van der Waals surface area contributed by atoms with E-state index in [4.69, 9.17) is 0 Å². The number of rotatable bonds is 8. The van der Waals surface area contributed by atoms with Crippen LogP contribution in [0, 0.1) is 0 Å². The first-order valence-electron chi connectivity index (χ1n) is 8.43. The van der Waals surface area contributed by atoms with Crippen molar-refractivity contribution in [3.05, 3.63) is 11.9 Å². The Balaban J connectivity index is 3.40. The molecule has 8 heteroatoms. The van der Waals surface area contributed by atoms with Gasteiger partial charge in [0.2, 0.25) is 0 Å². The second kappa shape index (κ2) is 8.01. The highest BCUT2D eigenvalue weighted by atomic mass is 79.9. The summed E-state index contributed by atoms with van der Waals surface area (Å²) >= 11 is 3.44. The molecule has 24 heavy (non-hydrogen) atoms. The van der Waals surface area contributed by atoms with Gasteiger partial charge in [0.25, 0.3) is 0 Å². The van der Waals surface area contributed by atoms with E-state index in [0.717, 1.165) is 42.2 Å². The van der Waals surface area contributed by atoms with Gasteiger partial charge in [0, 0.05) is 25.6 Å². The van der Waals surface area contributed by atoms with Gasteiger partial charge in [0.05, 0.1) is 5.69 Å². The summed E-state index contributed by atoms with van der Waals surface area (Å²) < 4.78 is 28.7. The molecule has 5 nitrogen and oxygen atoms in total. The molecular weight excluding hydrogens is 406 g/mol. The molecule has 1 aromatic rings. The van der Waals surface area contributed by atoms with E-state index in [2.05, 4.69) is 54.8 Å². The summed E-state index contributed by atoms with van der Waals surface area (Å²) in [4.78, 5) is 4.61. The molecule has 0 spiro atoms. The Morgan fingerprint density at radius 2 is 1.79 bits per heavy atom. The summed E-state index contributed by atoms with van der Waals surface area (Å²) in [5, 5.41) is 1.00. The fourth-order valence-electron chi connectivity index (χ4n) is 2.29. The third kappa shape index (κ3) is 4.50. The van der Waals surface area contributed by atoms with Gasteiger partial charge in [-0.2, -0.15) is 12.7 Å². The van der Waals surface area contributed by atoms with E-state index in [9.17, 15) is 8.42 Å². The van der Waals surface area contributed by atoms with Crippen LogP contribution in [0.3, 0.4) is 0 Å². The van der Waals surface area contributed by atoms with Gasteiger partial charge in [-0.25, -0.2) is 8.96 Å². The summed E-state index contributed by atoms with van der Waals surface area (Å²) in [6.45, 7) is 10.9. The minimum Gasteiger partial charge on any atom is -0.246 e. The van der Waals surface area contributed by atoms with Crippen LogP contribution in [0.1, 0.15) is 45.7 Å². The second-order valence-corrected chi connectivity index (χ2v) is 16.0. The highest BCUT2D eigenvalue weighted by Gasteiger charge is 2.43. The summed E-state index contributed by atoms with van der Waals surface area (Å²) in [6, 6.07) is 0. The van der Waals surface area contributed by atoms with E-state index in [-0.39, 0.29) is 5.04 Å². The first-order chi connectivity index (χ1) is 10.9. The van der Waals surface area contributed by atoms with Gasteiger partial charge in [-0.1, -0.05) is 56.2 Å². The van der Waals surface area contributed by atoms with Crippen LogP contribution in [0.4, 0.5) is 0 Å². The van der Waals surface area contributed by atoms with Gasteiger partial charge in [0.15, 0.2) is 0 Å². The number of hydrogen-bond donors (Lipinski definition) is 0. The predicted molar refractivity (Wildman–Crippen MR) is 108 cm³/mol. The van der Waals surface area contributed by atoms with E-state index < -0.39 is 18.3 Å². The van der Waals surface area contributed by atoms with Crippen molar-refractivity contribution in [2.24, 2.45) is 0 Å². The molecule has 0 aliphatic heterocycles. The molecule has 1 heterocycles. The number of alkyl halides is 1. The normalized spacial score (nSPS) is 13.7. The van der Waals surface area contributed by atoms with Crippen LogP contribution in [0.15, 0.2) is 6.20 Å². The molecule has 140 valence electrons. The van der Waals surface area contributed by atoms with Crippen LogP contribution in [-0.4, -0.2) is 49.2 Å². The zero-order valence-electron chi connectivity index (χ0n) is 16.1. The first kappa shape index (κ1) is 21.9. The van der Waals surface area contributed by atoms with Crippen molar-refractivity contribution in [2.75, 3.05) is 19.4 Å². The average molecular weight is 439 g/mol. The van der Waals surface area contributed by atoms with Crippen molar-refractivity contribution in [2.45, 2.75) is 64.6 Å². The molecule has 1 rings (SSSR count). The van der Waals surface area contributed by atoms with E-state index in [1.54, 1.807) is 20.3 Å². The van der Waals surface area contributed by atoms with E-state index >= 15 is 0 Å². The molecular formula is C16H32BrN3O2SSi. The van der Waals surface area contributed by atoms with Crippen LogP contribution >= 0.6 is 15.9 Å². The Morgan fingerprint density at radius 1 is 1.21 bits per heavy atom. The molecule has 0 radical (unpaired) electrons. The Morgan fingerprint density at radius 3 is 2.25 bits per heavy atom. The predicted octanol–water partition coefficient (Wildman–Crippen LogP) is 3.36. The minimum absolute atomic E-state index is 0.0190. The number of halogens is 1. The molecule has 0 aliphatic carbocycles. The highest BCUT2D eigenvalue weighted by molar-refractivity contribution is 9.09. The van der Waals surface area contributed by atoms with Crippen LogP contribution in [0.5, 0.6) is 0 Å². The summed E-state index contributed by atoms with van der Waals surface area (Å²) in [5.74, 6) is 0. The molecule has 1 aromatic heterocycles. The third-order valence-electron chi connectivity index (χ3n) is 4.98. The van der Waals surface area contributed by atoms with Crippen molar-refractivity contribution >= 4 is 39.7 Å². The van der Waals surface area contributed by atoms with Gasteiger partial charge >= 0.3 is 10.2 Å². The Kier molecular flexibility index (Phi) is 7.30. The molecule has 0 bridgehead atoms. The average Bonchev–Trinajstić information content (AvgIpc) is 2.87. The Hall–Kier alpha value is -0.183. The third-order valence-corrected chi connectivity index (χ3v) is 12.7. The van der Waals surface area contributed by atoms with Crippen molar-refractivity contribution in [3.63, 3.8) is 0 Å². The van der Waals surface area contributed by atoms with Gasteiger partial charge in [-0.3, -0.25) is 0 Å². The standard InChI is InChI=1S/C16H32BrN3O2SSi/c1-16(2,3)24(6,7)15-18-13-14(11-9-8-10-12-17)20(15)23(21,22)19(4)5/h13H,8-12H2,1-7H3. The van der Waals surface area contributed by atoms with E-state index in [1.165, 1.54) is 8.28 Å². The van der Waals surface area contributed by atoms with Crippen molar-refractivity contribution in [1.29, 1.82) is 0 Å². The van der Waals surface area contributed by atoms with Crippen LogP contribution < -0.4 is 5.45 Å². The van der Waals surface area contributed by atoms with Gasteiger partial charge < -0.3 is 0 Å². The molecule has 0 saturated heterocycles. The quantitative estimate of drug-likeness (QED) is 0.355. The topological polar surface area (TPSA) is 55.2 Å². The molecule has 0 unspecified atom stereocenters. The zero-order valence-corrected chi connectivity index (χ0v) is 19.5. The number of unbranched alkanes of at least 4 members (excludes halogenated alkanes) is 2. The van der Waals surface area contributed by atoms with Crippen molar-refractivity contribution in [3.8, 4) is 0 Å². The SMILES string of the molecule is CN(C)S(=O)(=O)n1c(CCCCCBr)cnc1[Si](C)(C)C(C)(C)C. The summed E-state index contributed by atoms with van der Waals surface area (Å²) in [7, 11) is -2.48. The maximum Gasteiger partial charge on any atom is 0.308 e. The molecule has 0 N–H and O–H groups in total. The van der Waals surface area contributed by atoms with E-state index in [1.807, 2.05) is 0 Å². The van der Waals surface area contributed by atoms with Gasteiger partial charge in [-0.05, 0) is 24.3 Å². The fraction of sp³-hybridized carbons (Fsp3) is 0.812. The lowest BCUT2D eigenvalue weighted by atomic mass is 10.2. The van der Waals surface area contributed by atoms with Crippen LogP contribution in [0.25, 0.3) is 0 Å². The number of imidazole rings is 1. The second-order valence-electron chi connectivity index (χ2n) is 8.00. The summed E-state index contributed by atoms with van der Waals surface area (Å²) in [6.07, 6.45) is 5.65. The maximum atomic E-state index is 13.0. The monoisotopic (exact) mass is 437 g/mol. The minimum atomic E-state index is -3.57. The van der Waals surface area contributed by atoms with Crippen molar-refractivity contribution in [1.82, 2.24) is 13.3 Å². The Labute approximate surface area is 157 Å². The zero-order chi connectivity index (χ0) is 18.8. The number of hydrogen-bond acceptors (Lipinski definition) is 3. The molecule has 0 aliphatic rings. The number of nitrogens with zero attached hydrogens (tertiary/aromatic N) is 3. The largest absolute Gasteiger partial charge is 0.308 e. The lowest BCUT2D eigenvalue weighted by Crippen LogP contribution is -2.56. The molecule has 0 aromatic carbocycles. The summed E-state index contributed by atoms with van der Waals surface area (Å²) in [5.41, 5.74) is 1.55. The number of aryl methyl sites for hydroxylation is 1. The van der Waals surface area contributed by atoms with Gasteiger partial charge in [-0.15, -0.1) is 0 Å².